The Balaban J connectivity index is 2.22. The van der Waals surface area contributed by atoms with Crippen LogP contribution in [0.15, 0.2) is 36.4 Å². The van der Waals surface area contributed by atoms with Gasteiger partial charge in [0.25, 0.3) is 0 Å². The third-order valence-corrected chi connectivity index (χ3v) is 3.92. The van der Waals surface area contributed by atoms with Crippen LogP contribution in [0.25, 0.3) is 0 Å². The number of nitrogens with one attached hydrogen (secondary N) is 1. The molecule has 0 aromatic heterocycles. The van der Waals surface area contributed by atoms with Gasteiger partial charge in [-0.1, -0.05) is 35.9 Å². The Labute approximate surface area is 127 Å². The van der Waals surface area contributed by atoms with Crippen LogP contribution in [-0.4, -0.2) is 0 Å². The third kappa shape index (κ3) is 3.34. The summed E-state index contributed by atoms with van der Waals surface area (Å²) in [4.78, 5) is 0. The molecule has 0 fully saturated rings. The topological polar surface area (TPSA) is 12.0 Å². The minimum atomic E-state index is 0.0129. The number of para-hydroxylation sites is 1. The molecule has 2 aromatic rings. The first-order chi connectivity index (χ1) is 9.49. The van der Waals surface area contributed by atoms with Gasteiger partial charge in [-0.2, -0.15) is 0 Å². The first-order valence-corrected chi connectivity index (χ1v) is 7.46. The number of anilines is 1. The van der Waals surface area contributed by atoms with E-state index in [2.05, 4.69) is 50.4 Å². The smallest absolute Gasteiger partial charge is 0.0577 e. The molecule has 0 aliphatic carbocycles. The summed E-state index contributed by atoms with van der Waals surface area (Å²) in [5.41, 5.74) is 7.63. The van der Waals surface area contributed by atoms with E-state index < -0.39 is 0 Å². The van der Waals surface area contributed by atoms with Crippen LogP contribution in [-0.2, 0) is 6.54 Å². The minimum Gasteiger partial charge on any atom is -0.381 e. The van der Waals surface area contributed by atoms with Crippen LogP contribution in [0.2, 0.25) is 0 Å². The lowest BCUT2D eigenvalue weighted by Gasteiger charge is -2.16. The highest BCUT2D eigenvalue weighted by Crippen LogP contribution is 2.28. The number of alkyl halides is 1. The van der Waals surface area contributed by atoms with Crippen LogP contribution in [0, 0.1) is 20.8 Å². The van der Waals surface area contributed by atoms with E-state index in [9.17, 15) is 0 Å². The third-order valence-electron chi connectivity index (χ3n) is 3.69. The van der Waals surface area contributed by atoms with Gasteiger partial charge in [-0.3, -0.25) is 0 Å². The van der Waals surface area contributed by atoms with Crippen molar-refractivity contribution in [2.45, 2.75) is 39.6 Å². The fourth-order valence-electron chi connectivity index (χ4n) is 2.68. The summed E-state index contributed by atoms with van der Waals surface area (Å²) in [6.45, 7) is 9.32. The van der Waals surface area contributed by atoms with Gasteiger partial charge in [0, 0.05) is 12.2 Å². The van der Waals surface area contributed by atoms with Crippen molar-refractivity contribution >= 4 is 17.3 Å². The molecule has 0 spiro atoms. The van der Waals surface area contributed by atoms with Crippen molar-refractivity contribution in [1.82, 2.24) is 0 Å². The fraction of sp³-hybridized carbons (Fsp3) is 0.333. The van der Waals surface area contributed by atoms with Gasteiger partial charge < -0.3 is 5.32 Å². The SMILES string of the molecule is Cc1cc(C)c(CNc2ccccc2C(C)Cl)c(C)c1. The largest absolute Gasteiger partial charge is 0.381 e. The first-order valence-electron chi connectivity index (χ1n) is 7.02. The Morgan fingerprint density at radius 3 is 2.25 bits per heavy atom. The predicted octanol–water partition coefficient (Wildman–Crippen LogP) is 5.52. The van der Waals surface area contributed by atoms with Gasteiger partial charge in [0.15, 0.2) is 0 Å². The van der Waals surface area contributed by atoms with Crippen LogP contribution in [0.5, 0.6) is 0 Å². The van der Waals surface area contributed by atoms with Crippen molar-refractivity contribution in [3.63, 3.8) is 0 Å². The minimum absolute atomic E-state index is 0.0129. The molecule has 1 unspecified atom stereocenters. The van der Waals surface area contributed by atoms with Gasteiger partial charge in [-0.05, 0) is 56.0 Å². The zero-order chi connectivity index (χ0) is 14.7. The molecular weight excluding hydrogens is 266 g/mol. The molecule has 0 saturated carbocycles. The van der Waals surface area contributed by atoms with Gasteiger partial charge in [-0.25, -0.2) is 0 Å². The summed E-state index contributed by atoms with van der Waals surface area (Å²) in [5.74, 6) is 0. The number of hydrogen-bond acceptors (Lipinski definition) is 1. The summed E-state index contributed by atoms with van der Waals surface area (Å²) in [5, 5.41) is 3.54. The molecule has 2 rings (SSSR count). The molecule has 1 nitrogen and oxygen atoms in total. The van der Waals surface area contributed by atoms with Crippen molar-refractivity contribution in [3.05, 3.63) is 64.2 Å². The van der Waals surface area contributed by atoms with Gasteiger partial charge in [0.2, 0.25) is 0 Å². The maximum Gasteiger partial charge on any atom is 0.0577 e. The molecular formula is C18H22ClN. The quantitative estimate of drug-likeness (QED) is 0.730. The average molecular weight is 288 g/mol. The number of aryl methyl sites for hydroxylation is 3. The molecule has 2 aromatic carbocycles. The Morgan fingerprint density at radius 2 is 1.65 bits per heavy atom. The summed E-state index contributed by atoms with van der Waals surface area (Å²) >= 11 is 6.23. The normalized spacial score (nSPS) is 12.2. The molecule has 106 valence electrons. The summed E-state index contributed by atoms with van der Waals surface area (Å²) in [6.07, 6.45) is 0. The monoisotopic (exact) mass is 287 g/mol. The second kappa shape index (κ2) is 6.32. The van der Waals surface area contributed by atoms with Crippen LogP contribution in [0.3, 0.4) is 0 Å². The zero-order valence-corrected chi connectivity index (χ0v) is 13.4. The van der Waals surface area contributed by atoms with E-state index in [1.807, 2.05) is 19.1 Å². The highest BCUT2D eigenvalue weighted by atomic mass is 35.5. The zero-order valence-electron chi connectivity index (χ0n) is 12.6. The lowest BCUT2D eigenvalue weighted by Crippen LogP contribution is -2.06. The molecule has 20 heavy (non-hydrogen) atoms. The molecule has 0 heterocycles. The van der Waals surface area contributed by atoms with E-state index in [1.54, 1.807) is 0 Å². The standard InChI is InChI=1S/C18H22ClN/c1-12-9-13(2)17(14(3)10-12)11-20-18-8-6-5-7-16(18)15(4)19/h5-10,15,20H,11H2,1-4H3. The summed E-state index contributed by atoms with van der Waals surface area (Å²) < 4.78 is 0. The second-order valence-corrected chi connectivity index (χ2v) is 6.09. The Bertz CT molecular complexity index is 579. The number of benzene rings is 2. The van der Waals surface area contributed by atoms with Gasteiger partial charge in [-0.15, -0.1) is 11.6 Å². The molecule has 0 aliphatic heterocycles. The van der Waals surface area contributed by atoms with Crippen LogP contribution in [0.1, 0.15) is 40.1 Å². The van der Waals surface area contributed by atoms with Gasteiger partial charge in [0.1, 0.15) is 0 Å². The maximum atomic E-state index is 6.23. The Hall–Kier alpha value is -1.47. The molecule has 0 radical (unpaired) electrons. The number of hydrogen-bond donors (Lipinski definition) is 1. The molecule has 1 N–H and O–H groups in total. The molecule has 0 bridgehead atoms. The molecule has 0 amide bonds. The highest BCUT2D eigenvalue weighted by molar-refractivity contribution is 6.21. The van der Waals surface area contributed by atoms with E-state index in [-0.39, 0.29) is 5.38 Å². The van der Waals surface area contributed by atoms with Gasteiger partial charge in [0.05, 0.1) is 5.38 Å². The van der Waals surface area contributed by atoms with Crippen LogP contribution in [0.4, 0.5) is 5.69 Å². The Morgan fingerprint density at radius 1 is 1.05 bits per heavy atom. The molecule has 1 atom stereocenters. The van der Waals surface area contributed by atoms with Crippen LogP contribution >= 0.6 is 11.6 Å². The highest BCUT2D eigenvalue weighted by Gasteiger charge is 2.08. The molecule has 2 heteroatoms. The predicted molar refractivity (Wildman–Crippen MR) is 88.7 cm³/mol. The lowest BCUT2D eigenvalue weighted by molar-refractivity contribution is 1.04. The van der Waals surface area contributed by atoms with Crippen molar-refractivity contribution in [2.24, 2.45) is 0 Å². The van der Waals surface area contributed by atoms with Crippen LogP contribution < -0.4 is 5.32 Å². The number of rotatable bonds is 4. The lowest BCUT2D eigenvalue weighted by atomic mass is 9.99. The van der Waals surface area contributed by atoms with E-state index in [4.69, 9.17) is 11.6 Å². The fourth-order valence-corrected chi connectivity index (χ4v) is 2.87. The van der Waals surface area contributed by atoms with E-state index in [1.165, 1.54) is 22.3 Å². The van der Waals surface area contributed by atoms with E-state index in [0.29, 0.717) is 0 Å². The molecule has 0 saturated heterocycles. The second-order valence-electron chi connectivity index (χ2n) is 5.43. The first kappa shape index (κ1) is 14.9. The van der Waals surface area contributed by atoms with Crippen molar-refractivity contribution < 1.29 is 0 Å². The summed E-state index contributed by atoms with van der Waals surface area (Å²) in [7, 11) is 0. The van der Waals surface area contributed by atoms with Gasteiger partial charge >= 0.3 is 0 Å². The van der Waals surface area contributed by atoms with Crippen molar-refractivity contribution in [3.8, 4) is 0 Å². The maximum absolute atomic E-state index is 6.23. The van der Waals surface area contributed by atoms with E-state index >= 15 is 0 Å². The van der Waals surface area contributed by atoms with E-state index in [0.717, 1.165) is 17.8 Å². The van der Waals surface area contributed by atoms with Crippen molar-refractivity contribution in [1.29, 1.82) is 0 Å². The Kier molecular flexibility index (Phi) is 4.72. The average Bonchev–Trinajstić information content (AvgIpc) is 2.37. The number of halogens is 1. The summed E-state index contributed by atoms with van der Waals surface area (Å²) in [6, 6.07) is 12.7. The van der Waals surface area contributed by atoms with Crippen molar-refractivity contribution in [2.75, 3.05) is 5.32 Å². The molecule has 0 aliphatic rings.